The number of benzene rings is 2. The highest BCUT2D eigenvalue weighted by molar-refractivity contribution is 9.09. The van der Waals surface area contributed by atoms with Crippen molar-refractivity contribution in [1.29, 1.82) is 0 Å². The molecule has 2 atom stereocenters. The minimum atomic E-state index is 0.176. The molecule has 0 unspecified atom stereocenters. The van der Waals surface area contributed by atoms with E-state index in [9.17, 15) is 0 Å². The molecule has 0 N–H and O–H groups in total. The van der Waals surface area contributed by atoms with Crippen LogP contribution in [-0.4, -0.2) is 0 Å². The standard InChI is InChI=1S/C15H13Br/c16-15(13-9-5-2-6-10-13)11-14(15)12-7-3-1-4-8-12/h1-10,14H,11H2/t14-,15+/m0/s1. The average Bonchev–Trinajstić information content (AvgIpc) is 3.06. The van der Waals surface area contributed by atoms with Crippen molar-refractivity contribution in [3.63, 3.8) is 0 Å². The van der Waals surface area contributed by atoms with Gasteiger partial charge in [0.05, 0.1) is 4.32 Å². The van der Waals surface area contributed by atoms with Crippen LogP contribution in [-0.2, 0) is 4.32 Å². The molecule has 0 amide bonds. The fraction of sp³-hybridized carbons (Fsp3) is 0.200. The van der Waals surface area contributed by atoms with Crippen LogP contribution in [0.25, 0.3) is 0 Å². The van der Waals surface area contributed by atoms with Crippen LogP contribution in [0.15, 0.2) is 60.7 Å². The van der Waals surface area contributed by atoms with Crippen LogP contribution in [0.4, 0.5) is 0 Å². The minimum absolute atomic E-state index is 0.176. The molecule has 0 saturated heterocycles. The zero-order chi connectivity index (χ0) is 11.0. The van der Waals surface area contributed by atoms with Gasteiger partial charge in [0.25, 0.3) is 0 Å². The predicted molar refractivity (Wildman–Crippen MR) is 70.8 cm³/mol. The third kappa shape index (κ3) is 1.60. The first-order chi connectivity index (χ1) is 7.81. The normalized spacial score (nSPS) is 27.7. The lowest BCUT2D eigenvalue weighted by atomic mass is 10.0. The van der Waals surface area contributed by atoms with Gasteiger partial charge in [0.15, 0.2) is 0 Å². The highest BCUT2D eigenvalue weighted by atomic mass is 79.9. The van der Waals surface area contributed by atoms with Crippen LogP contribution in [0, 0.1) is 0 Å². The van der Waals surface area contributed by atoms with Gasteiger partial charge in [0.2, 0.25) is 0 Å². The fourth-order valence-corrected chi connectivity index (χ4v) is 3.19. The van der Waals surface area contributed by atoms with Gasteiger partial charge in [0.1, 0.15) is 0 Å². The second kappa shape index (κ2) is 3.74. The van der Waals surface area contributed by atoms with E-state index in [-0.39, 0.29) is 4.32 Å². The van der Waals surface area contributed by atoms with Gasteiger partial charge in [-0.3, -0.25) is 0 Å². The second-order valence-electron chi connectivity index (χ2n) is 4.40. The van der Waals surface area contributed by atoms with Crippen LogP contribution in [0.1, 0.15) is 23.5 Å². The van der Waals surface area contributed by atoms with Crippen LogP contribution < -0.4 is 0 Å². The Kier molecular flexibility index (Phi) is 2.36. The van der Waals surface area contributed by atoms with Crippen molar-refractivity contribution >= 4 is 15.9 Å². The van der Waals surface area contributed by atoms with E-state index in [1.54, 1.807) is 0 Å². The molecule has 1 heteroatoms. The van der Waals surface area contributed by atoms with Gasteiger partial charge in [-0.2, -0.15) is 0 Å². The number of alkyl halides is 1. The summed E-state index contributed by atoms with van der Waals surface area (Å²) in [6, 6.07) is 21.4. The summed E-state index contributed by atoms with van der Waals surface area (Å²) in [5.74, 6) is 0.621. The Balaban J connectivity index is 1.90. The summed E-state index contributed by atoms with van der Waals surface area (Å²) >= 11 is 3.90. The number of hydrogen-bond donors (Lipinski definition) is 0. The Hall–Kier alpha value is -1.08. The molecule has 1 saturated carbocycles. The first-order valence-corrected chi connectivity index (χ1v) is 6.39. The van der Waals surface area contributed by atoms with E-state index in [0.29, 0.717) is 5.92 Å². The molecule has 0 nitrogen and oxygen atoms in total. The van der Waals surface area contributed by atoms with Gasteiger partial charge in [-0.25, -0.2) is 0 Å². The predicted octanol–water partition coefficient (Wildman–Crippen LogP) is 4.46. The van der Waals surface area contributed by atoms with Gasteiger partial charge >= 0.3 is 0 Å². The lowest BCUT2D eigenvalue weighted by Gasteiger charge is -2.09. The van der Waals surface area contributed by atoms with Crippen molar-refractivity contribution in [3.8, 4) is 0 Å². The molecule has 2 aromatic carbocycles. The van der Waals surface area contributed by atoms with Crippen LogP contribution in [0.2, 0.25) is 0 Å². The van der Waals surface area contributed by atoms with Crippen molar-refractivity contribution in [2.24, 2.45) is 0 Å². The molecule has 0 aliphatic heterocycles. The van der Waals surface area contributed by atoms with Crippen molar-refractivity contribution in [2.45, 2.75) is 16.7 Å². The molecule has 0 aromatic heterocycles. The summed E-state index contributed by atoms with van der Waals surface area (Å²) in [5, 5.41) is 0. The molecular formula is C15H13Br. The van der Waals surface area contributed by atoms with E-state index in [1.165, 1.54) is 17.5 Å². The Bertz CT molecular complexity index is 477. The van der Waals surface area contributed by atoms with Gasteiger partial charge < -0.3 is 0 Å². The van der Waals surface area contributed by atoms with E-state index in [4.69, 9.17) is 0 Å². The minimum Gasteiger partial charge on any atom is -0.0794 e. The SMILES string of the molecule is Br[C@@]1(c2ccccc2)C[C@H]1c1ccccc1. The summed E-state index contributed by atoms with van der Waals surface area (Å²) in [6.07, 6.45) is 1.20. The van der Waals surface area contributed by atoms with E-state index >= 15 is 0 Å². The Morgan fingerprint density at radius 1 is 0.875 bits per heavy atom. The van der Waals surface area contributed by atoms with Crippen LogP contribution >= 0.6 is 15.9 Å². The largest absolute Gasteiger partial charge is 0.0794 e. The van der Waals surface area contributed by atoms with Crippen molar-refractivity contribution < 1.29 is 0 Å². The molecule has 16 heavy (non-hydrogen) atoms. The van der Waals surface area contributed by atoms with Crippen LogP contribution in [0.3, 0.4) is 0 Å². The molecule has 0 radical (unpaired) electrons. The molecule has 0 bridgehead atoms. The monoisotopic (exact) mass is 272 g/mol. The van der Waals surface area contributed by atoms with E-state index in [1.807, 2.05) is 0 Å². The summed E-state index contributed by atoms with van der Waals surface area (Å²) < 4.78 is 0.176. The van der Waals surface area contributed by atoms with Gasteiger partial charge in [0, 0.05) is 5.92 Å². The highest BCUT2D eigenvalue weighted by Crippen LogP contribution is 2.64. The van der Waals surface area contributed by atoms with E-state index in [2.05, 4.69) is 76.6 Å². The summed E-state index contributed by atoms with van der Waals surface area (Å²) in [6.45, 7) is 0. The molecule has 1 aliphatic carbocycles. The van der Waals surface area contributed by atoms with E-state index in [0.717, 1.165) is 0 Å². The van der Waals surface area contributed by atoms with E-state index < -0.39 is 0 Å². The lowest BCUT2D eigenvalue weighted by molar-refractivity contribution is 0.976. The van der Waals surface area contributed by atoms with Crippen molar-refractivity contribution in [1.82, 2.24) is 0 Å². The van der Waals surface area contributed by atoms with Crippen molar-refractivity contribution in [2.75, 3.05) is 0 Å². The average molecular weight is 273 g/mol. The highest BCUT2D eigenvalue weighted by Gasteiger charge is 2.53. The molecule has 80 valence electrons. The number of rotatable bonds is 2. The quantitative estimate of drug-likeness (QED) is 0.708. The first kappa shape index (κ1) is 10.1. The third-order valence-corrected chi connectivity index (χ3v) is 4.68. The third-order valence-electron chi connectivity index (χ3n) is 3.35. The van der Waals surface area contributed by atoms with Gasteiger partial charge in [-0.1, -0.05) is 76.6 Å². The maximum Gasteiger partial charge on any atom is 0.0581 e. The zero-order valence-electron chi connectivity index (χ0n) is 8.94. The second-order valence-corrected chi connectivity index (χ2v) is 5.81. The smallest absolute Gasteiger partial charge is 0.0581 e. The molecule has 3 rings (SSSR count). The topological polar surface area (TPSA) is 0 Å². The Labute approximate surface area is 104 Å². The molecule has 0 spiro atoms. The molecule has 0 heterocycles. The summed E-state index contributed by atoms with van der Waals surface area (Å²) in [7, 11) is 0. The zero-order valence-corrected chi connectivity index (χ0v) is 10.5. The first-order valence-electron chi connectivity index (χ1n) is 5.60. The lowest BCUT2D eigenvalue weighted by Crippen LogP contribution is -1.98. The summed E-state index contributed by atoms with van der Waals surface area (Å²) in [4.78, 5) is 0. The summed E-state index contributed by atoms with van der Waals surface area (Å²) in [5.41, 5.74) is 2.83. The molecule has 2 aromatic rings. The fourth-order valence-electron chi connectivity index (χ4n) is 2.34. The maximum absolute atomic E-state index is 3.90. The Morgan fingerprint density at radius 3 is 2.06 bits per heavy atom. The van der Waals surface area contributed by atoms with Gasteiger partial charge in [-0.15, -0.1) is 0 Å². The molecule has 1 aliphatic rings. The maximum atomic E-state index is 3.90. The number of hydrogen-bond acceptors (Lipinski definition) is 0. The van der Waals surface area contributed by atoms with Crippen molar-refractivity contribution in [3.05, 3.63) is 71.8 Å². The number of halogens is 1. The Morgan fingerprint density at radius 2 is 1.44 bits per heavy atom. The molecule has 1 fully saturated rings. The molecular weight excluding hydrogens is 260 g/mol. The van der Waals surface area contributed by atoms with Gasteiger partial charge in [-0.05, 0) is 17.5 Å². The van der Waals surface area contributed by atoms with Crippen LogP contribution in [0.5, 0.6) is 0 Å².